The molecule has 1 fully saturated rings. The summed E-state index contributed by atoms with van der Waals surface area (Å²) in [4.78, 5) is 49.1. The summed E-state index contributed by atoms with van der Waals surface area (Å²) >= 11 is 0. The van der Waals surface area contributed by atoms with Gasteiger partial charge in [-0.15, -0.1) is 0 Å². The molecule has 0 saturated carbocycles. The molecule has 2 aromatic heterocycles. The van der Waals surface area contributed by atoms with Gasteiger partial charge < -0.3 is 25.5 Å². The molecule has 5 rings (SSSR count). The van der Waals surface area contributed by atoms with Crippen molar-refractivity contribution in [2.24, 2.45) is 5.73 Å². The molecular weight excluding hydrogens is 484 g/mol. The van der Waals surface area contributed by atoms with Crippen molar-refractivity contribution in [2.45, 2.75) is 51.1 Å². The average molecular weight is 515 g/mol. The maximum atomic E-state index is 13.7. The van der Waals surface area contributed by atoms with Crippen LogP contribution < -0.4 is 11.1 Å². The Morgan fingerprint density at radius 2 is 1.89 bits per heavy atom. The highest BCUT2D eigenvalue weighted by molar-refractivity contribution is 5.97. The fourth-order valence-electron chi connectivity index (χ4n) is 5.23. The van der Waals surface area contributed by atoms with E-state index in [-0.39, 0.29) is 35.4 Å². The highest BCUT2D eigenvalue weighted by atomic mass is 16.5. The monoisotopic (exact) mass is 514 g/mol. The van der Waals surface area contributed by atoms with Gasteiger partial charge in [0.1, 0.15) is 11.6 Å². The maximum absolute atomic E-state index is 13.7. The van der Waals surface area contributed by atoms with Crippen LogP contribution in [0.25, 0.3) is 11.0 Å². The van der Waals surface area contributed by atoms with Gasteiger partial charge in [-0.05, 0) is 44.4 Å². The standard InChI is InChI=1S/C28H30N6O4/c1-16(27-31-20-11-6-7-12-21(20)32-27)30-28(37)19(24-17(2)38-33-25(24)26(29)36)15-23(35)34-14-8-13-22(34)18-9-4-3-5-10-18/h3-7,9-12,16,19,22H,8,13-15H2,1-2H3,(H2,29,36)(H,30,37)(H,31,32)/t16-,19-,22+/m0/s1. The Hall–Kier alpha value is -4.47. The summed E-state index contributed by atoms with van der Waals surface area (Å²) in [6.45, 7) is 3.99. The van der Waals surface area contributed by atoms with E-state index in [0.29, 0.717) is 12.4 Å². The summed E-state index contributed by atoms with van der Waals surface area (Å²) in [5.41, 5.74) is 8.32. The lowest BCUT2D eigenvalue weighted by molar-refractivity contribution is -0.135. The lowest BCUT2D eigenvalue weighted by Gasteiger charge is -2.27. The van der Waals surface area contributed by atoms with Crippen LogP contribution in [0.2, 0.25) is 0 Å². The third kappa shape index (κ3) is 4.89. The number of nitrogens with one attached hydrogen (secondary N) is 2. The highest BCUT2D eigenvalue weighted by Crippen LogP contribution is 2.35. The minimum atomic E-state index is -1.03. The fraction of sp³-hybridized carbons (Fsp3) is 0.321. The molecule has 1 saturated heterocycles. The Morgan fingerprint density at radius 3 is 2.63 bits per heavy atom. The van der Waals surface area contributed by atoms with E-state index in [1.165, 1.54) is 0 Å². The number of nitrogens with two attached hydrogens (primary N) is 1. The molecule has 0 radical (unpaired) electrons. The first-order valence-corrected chi connectivity index (χ1v) is 12.7. The zero-order valence-electron chi connectivity index (χ0n) is 21.3. The number of para-hydroxylation sites is 2. The molecule has 10 heteroatoms. The Kier molecular flexibility index (Phi) is 6.95. The van der Waals surface area contributed by atoms with Crippen molar-refractivity contribution in [3.63, 3.8) is 0 Å². The normalized spacial score (nSPS) is 16.9. The van der Waals surface area contributed by atoms with Gasteiger partial charge in [-0.3, -0.25) is 14.4 Å². The molecule has 0 unspecified atom stereocenters. The van der Waals surface area contributed by atoms with E-state index in [4.69, 9.17) is 10.3 Å². The SMILES string of the molecule is Cc1onc(C(N)=O)c1[C@H](CC(=O)N1CCC[C@@H]1c1ccccc1)C(=O)N[C@@H](C)c1nc2ccccc2[nH]1. The lowest BCUT2D eigenvalue weighted by atomic mass is 9.91. The molecule has 0 spiro atoms. The van der Waals surface area contributed by atoms with Crippen LogP contribution in [-0.2, 0) is 9.59 Å². The quantitative estimate of drug-likeness (QED) is 0.327. The summed E-state index contributed by atoms with van der Waals surface area (Å²) < 4.78 is 5.24. The molecule has 38 heavy (non-hydrogen) atoms. The number of carbonyl (C=O) groups excluding carboxylic acids is 3. The first kappa shape index (κ1) is 25.2. The van der Waals surface area contributed by atoms with Gasteiger partial charge in [0.2, 0.25) is 11.8 Å². The topological polar surface area (TPSA) is 147 Å². The summed E-state index contributed by atoms with van der Waals surface area (Å²) in [6, 6.07) is 16.9. The van der Waals surface area contributed by atoms with E-state index in [1.54, 1.807) is 13.8 Å². The van der Waals surface area contributed by atoms with E-state index >= 15 is 0 Å². The van der Waals surface area contributed by atoms with Gasteiger partial charge in [-0.25, -0.2) is 4.98 Å². The molecule has 1 aliphatic heterocycles. The van der Waals surface area contributed by atoms with Gasteiger partial charge in [0.15, 0.2) is 5.69 Å². The van der Waals surface area contributed by atoms with Crippen molar-refractivity contribution < 1.29 is 18.9 Å². The number of hydrogen-bond acceptors (Lipinski definition) is 6. The number of nitrogens with zero attached hydrogens (tertiary/aromatic N) is 3. The number of H-pyrrole nitrogens is 1. The van der Waals surface area contributed by atoms with Gasteiger partial charge in [0, 0.05) is 18.5 Å². The molecular formula is C28H30N6O4. The van der Waals surface area contributed by atoms with E-state index < -0.39 is 23.8 Å². The number of rotatable bonds is 8. The molecule has 3 heterocycles. The van der Waals surface area contributed by atoms with E-state index in [2.05, 4.69) is 20.4 Å². The van der Waals surface area contributed by atoms with E-state index in [0.717, 1.165) is 29.4 Å². The molecule has 3 atom stereocenters. The summed E-state index contributed by atoms with van der Waals surface area (Å²) in [5, 5.41) is 6.73. The maximum Gasteiger partial charge on any atom is 0.271 e. The Morgan fingerprint density at radius 1 is 1.16 bits per heavy atom. The zero-order valence-corrected chi connectivity index (χ0v) is 21.3. The number of aryl methyl sites for hydroxylation is 1. The first-order valence-electron chi connectivity index (χ1n) is 12.7. The van der Waals surface area contributed by atoms with Crippen LogP contribution in [0.1, 0.15) is 77.4 Å². The third-order valence-electron chi connectivity index (χ3n) is 7.12. The molecule has 196 valence electrons. The fourth-order valence-corrected chi connectivity index (χ4v) is 5.23. The molecule has 3 amide bonds. The minimum Gasteiger partial charge on any atom is -0.364 e. The second-order valence-electron chi connectivity index (χ2n) is 9.65. The van der Waals surface area contributed by atoms with Crippen LogP contribution >= 0.6 is 0 Å². The van der Waals surface area contributed by atoms with Crippen LogP contribution in [-0.4, -0.2) is 44.3 Å². The molecule has 1 aliphatic rings. The number of primary amides is 1. The average Bonchev–Trinajstić information content (AvgIpc) is 3.65. The Balaban J connectivity index is 1.42. The lowest BCUT2D eigenvalue weighted by Crippen LogP contribution is -2.38. The van der Waals surface area contributed by atoms with Gasteiger partial charge >= 0.3 is 0 Å². The van der Waals surface area contributed by atoms with Crippen molar-refractivity contribution in [3.8, 4) is 0 Å². The molecule has 4 aromatic rings. The van der Waals surface area contributed by atoms with Crippen LogP contribution in [0.15, 0.2) is 59.1 Å². The second kappa shape index (κ2) is 10.5. The van der Waals surface area contributed by atoms with Crippen molar-refractivity contribution in [3.05, 3.63) is 83.0 Å². The Labute approximate surface area is 219 Å². The van der Waals surface area contributed by atoms with Crippen molar-refractivity contribution in [2.75, 3.05) is 6.54 Å². The number of amides is 3. The van der Waals surface area contributed by atoms with E-state index in [9.17, 15) is 14.4 Å². The van der Waals surface area contributed by atoms with Gasteiger partial charge in [0.05, 0.1) is 29.0 Å². The number of fused-ring (bicyclic) bond motifs is 1. The number of carbonyl (C=O) groups is 3. The smallest absolute Gasteiger partial charge is 0.271 e. The molecule has 4 N–H and O–H groups in total. The highest BCUT2D eigenvalue weighted by Gasteiger charge is 2.37. The van der Waals surface area contributed by atoms with Crippen molar-refractivity contribution in [1.82, 2.24) is 25.3 Å². The predicted molar refractivity (Wildman–Crippen MR) is 140 cm³/mol. The largest absolute Gasteiger partial charge is 0.364 e. The van der Waals surface area contributed by atoms with Crippen molar-refractivity contribution in [1.29, 1.82) is 0 Å². The van der Waals surface area contributed by atoms with Crippen LogP contribution in [0.3, 0.4) is 0 Å². The molecule has 0 bridgehead atoms. The van der Waals surface area contributed by atoms with Gasteiger partial charge in [-0.1, -0.05) is 47.6 Å². The summed E-state index contributed by atoms with van der Waals surface area (Å²) in [5.74, 6) is -1.65. The first-order chi connectivity index (χ1) is 18.3. The van der Waals surface area contributed by atoms with Crippen molar-refractivity contribution >= 4 is 28.8 Å². The van der Waals surface area contributed by atoms with Crippen LogP contribution in [0.5, 0.6) is 0 Å². The number of imidazole rings is 1. The number of aromatic nitrogens is 3. The summed E-state index contributed by atoms with van der Waals surface area (Å²) in [7, 11) is 0. The van der Waals surface area contributed by atoms with Crippen LogP contribution in [0.4, 0.5) is 0 Å². The molecule has 2 aromatic carbocycles. The zero-order chi connectivity index (χ0) is 26.8. The minimum absolute atomic E-state index is 0.0685. The van der Waals surface area contributed by atoms with E-state index in [1.807, 2.05) is 59.5 Å². The number of aromatic amines is 1. The Bertz CT molecular complexity index is 1440. The predicted octanol–water partition coefficient (Wildman–Crippen LogP) is 3.67. The number of likely N-dealkylation sites (tertiary alicyclic amines) is 1. The second-order valence-corrected chi connectivity index (χ2v) is 9.65. The number of benzene rings is 2. The molecule has 0 aliphatic carbocycles. The summed E-state index contributed by atoms with van der Waals surface area (Å²) in [6.07, 6.45) is 1.54. The van der Waals surface area contributed by atoms with Gasteiger partial charge in [-0.2, -0.15) is 0 Å². The van der Waals surface area contributed by atoms with Crippen LogP contribution in [0, 0.1) is 6.92 Å². The number of hydrogen-bond donors (Lipinski definition) is 3. The van der Waals surface area contributed by atoms with Gasteiger partial charge in [0.25, 0.3) is 5.91 Å². The molecule has 10 nitrogen and oxygen atoms in total. The third-order valence-corrected chi connectivity index (χ3v) is 7.12.